The zero-order valence-electron chi connectivity index (χ0n) is 8.49. The molecule has 0 N–H and O–H groups in total. The Balaban J connectivity index is 2.46. The summed E-state index contributed by atoms with van der Waals surface area (Å²) < 4.78 is 5.37. The van der Waals surface area contributed by atoms with Crippen LogP contribution in [0.1, 0.15) is 25.3 Å². The zero-order chi connectivity index (χ0) is 10.1. The number of ether oxygens (including phenoxy) is 1. The third-order valence-corrected chi connectivity index (χ3v) is 2.64. The number of carbonyl (C=O) groups is 1. The van der Waals surface area contributed by atoms with Crippen LogP contribution in [0.4, 0.5) is 0 Å². The van der Waals surface area contributed by atoms with Crippen molar-refractivity contribution in [2.45, 2.75) is 19.8 Å². The molecule has 0 spiro atoms. The molecule has 1 aromatic rings. The van der Waals surface area contributed by atoms with Crippen LogP contribution >= 0.6 is 0 Å². The highest BCUT2D eigenvalue weighted by Gasteiger charge is 2.30. The standard InChI is InChI=1S/C12H14O2/c1-8(2)12-9-5-3-4-6-11(9)14-7-10(12)13/h3-6,8,12H,7H2,1-2H3. The summed E-state index contributed by atoms with van der Waals surface area (Å²) in [5, 5.41) is 0. The van der Waals surface area contributed by atoms with Crippen molar-refractivity contribution >= 4 is 5.78 Å². The molecule has 0 aliphatic carbocycles. The van der Waals surface area contributed by atoms with Gasteiger partial charge in [0.2, 0.25) is 0 Å². The molecule has 74 valence electrons. The van der Waals surface area contributed by atoms with Gasteiger partial charge in [-0.25, -0.2) is 0 Å². The van der Waals surface area contributed by atoms with Crippen molar-refractivity contribution in [1.82, 2.24) is 0 Å². The second-order valence-electron chi connectivity index (χ2n) is 4.01. The largest absolute Gasteiger partial charge is 0.486 e. The summed E-state index contributed by atoms with van der Waals surface area (Å²) in [5.74, 6) is 1.41. The van der Waals surface area contributed by atoms with Crippen molar-refractivity contribution in [1.29, 1.82) is 0 Å². The summed E-state index contributed by atoms with van der Waals surface area (Å²) in [5.41, 5.74) is 1.04. The van der Waals surface area contributed by atoms with Gasteiger partial charge in [0.25, 0.3) is 0 Å². The molecular weight excluding hydrogens is 176 g/mol. The average Bonchev–Trinajstić information content (AvgIpc) is 2.17. The van der Waals surface area contributed by atoms with Gasteiger partial charge in [-0.05, 0) is 12.0 Å². The number of para-hydroxylation sites is 1. The van der Waals surface area contributed by atoms with Crippen molar-refractivity contribution in [3.63, 3.8) is 0 Å². The Morgan fingerprint density at radius 1 is 1.36 bits per heavy atom. The first kappa shape index (κ1) is 9.25. The summed E-state index contributed by atoms with van der Waals surface area (Å²) in [6.07, 6.45) is 0. The molecular formula is C12H14O2. The molecule has 1 atom stereocenters. The van der Waals surface area contributed by atoms with E-state index in [2.05, 4.69) is 13.8 Å². The van der Waals surface area contributed by atoms with E-state index in [9.17, 15) is 4.79 Å². The molecule has 1 heterocycles. The fourth-order valence-electron chi connectivity index (χ4n) is 2.01. The van der Waals surface area contributed by atoms with Crippen molar-refractivity contribution in [2.75, 3.05) is 6.61 Å². The normalized spacial score (nSPS) is 20.5. The molecule has 14 heavy (non-hydrogen) atoms. The minimum atomic E-state index is 0.0138. The summed E-state index contributed by atoms with van der Waals surface area (Å²) in [7, 11) is 0. The number of rotatable bonds is 1. The van der Waals surface area contributed by atoms with E-state index in [1.54, 1.807) is 0 Å². The Labute approximate surface area is 83.9 Å². The van der Waals surface area contributed by atoms with E-state index in [0.717, 1.165) is 11.3 Å². The third kappa shape index (κ3) is 1.41. The predicted octanol–water partition coefficient (Wildman–Crippen LogP) is 2.39. The van der Waals surface area contributed by atoms with Gasteiger partial charge in [-0.1, -0.05) is 32.0 Å². The zero-order valence-corrected chi connectivity index (χ0v) is 8.49. The Hall–Kier alpha value is -1.31. The van der Waals surface area contributed by atoms with Gasteiger partial charge < -0.3 is 4.74 Å². The fraction of sp³-hybridized carbons (Fsp3) is 0.417. The van der Waals surface area contributed by atoms with E-state index in [1.165, 1.54) is 0 Å². The molecule has 0 fully saturated rings. The molecule has 1 unspecified atom stereocenters. The molecule has 2 nitrogen and oxygen atoms in total. The maximum absolute atomic E-state index is 11.7. The number of carbonyl (C=O) groups excluding carboxylic acids is 1. The van der Waals surface area contributed by atoms with Crippen molar-refractivity contribution in [3.05, 3.63) is 29.8 Å². The summed E-state index contributed by atoms with van der Waals surface area (Å²) in [6, 6.07) is 7.80. The van der Waals surface area contributed by atoms with Crippen LogP contribution in [0.3, 0.4) is 0 Å². The summed E-state index contributed by atoms with van der Waals surface area (Å²) >= 11 is 0. The quantitative estimate of drug-likeness (QED) is 0.679. The number of Topliss-reactive ketones (excluding diaryl/α,β-unsaturated/α-hetero) is 1. The highest BCUT2D eigenvalue weighted by Crippen LogP contribution is 2.35. The second kappa shape index (κ2) is 3.45. The highest BCUT2D eigenvalue weighted by atomic mass is 16.5. The lowest BCUT2D eigenvalue weighted by Crippen LogP contribution is -2.28. The maximum Gasteiger partial charge on any atom is 0.178 e. The van der Waals surface area contributed by atoms with E-state index in [4.69, 9.17) is 4.74 Å². The smallest absolute Gasteiger partial charge is 0.178 e. The lowest BCUT2D eigenvalue weighted by molar-refractivity contribution is -0.124. The highest BCUT2D eigenvalue weighted by molar-refractivity contribution is 5.89. The Morgan fingerprint density at radius 3 is 2.79 bits per heavy atom. The molecule has 0 saturated heterocycles. The molecule has 1 aliphatic heterocycles. The van der Waals surface area contributed by atoms with Crippen LogP contribution in [-0.4, -0.2) is 12.4 Å². The van der Waals surface area contributed by atoms with E-state index in [0.29, 0.717) is 5.92 Å². The first-order valence-electron chi connectivity index (χ1n) is 4.94. The minimum absolute atomic E-state index is 0.0138. The monoisotopic (exact) mass is 190 g/mol. The maximum atomic E-state index is 11.7. The van der Waals surface area contributed by atoms with Crippen LogP contribution < -0.4 is 4.74 Å². The molecule has 0 radical (unpaired) electrons. The average molecular weight is 190 g/mol. The van der Waals surface area contributed by atoms with Crippen LogP contribution in [0, 0.1) is 5.92 Å². The van der Waals surface area contributed by atoms with Crippen LogP contribution in [0.5, 0.6) is 5.75 Å². The van der Waals surface area contributed by atoms with Gasteiger partial charge in [0.1, 0.15) is 12.4 Å². The number of fused-ring (bicyclic) bond motifs is 1. The van der Waals surface area contributed by atoms with E-state index >= 15 is 0 Å². The fourth-order valence-corrected chi connectivity index (χ4v) is 2.01. The van der Waals surface area contributed by atoms with Gasteiger partial charge in [-0.3, -0.25) is 4.79 Å². The summed E-state index contributed by atoms with van der Waals surface area (Å²) in [6.45, 7) is 4.37. The molecule has 2 rings (SSSR count). The molecule has 0 bridgehead atoms. The number of hydrogen-bond acceptors (Lipinski definition) is 2. The first-order chi connectivity index (χ1) is 6.70. The minimum Gasteiger partial charge on any atom is -0.486 e. The lowest BCUT2D eigenvalue weighted by Gasteiger charge is -2.27. The number of benzene rings is 1. The first-order valence-corrected chi connectivity index (χ1v) is 4.94. The molecule has 0 amide bonds. The van der Waals surface area contributed by atoms with Crippen molar-refractivity contribution in [2.24, 2.45) is 5.92 Å². The molecule has 1 aliphatic rings. The lowest BCUT2D eigenvalue weighted by atomic mass is 9.83. The van der Waals surface area contributed by atoms with Gasteiger partial charge in [0, 0.05) is 5.56 Å². The molecule has 0 aromatic heterocycles. The predicted molar refractivity (Wildman–Crippen MR) is 54.5 cm³/mol. The SMILES string of the molecule is CC(C)C1C(=O)COc2ccccc21. The van der Waals surface area contributed by atoms with Gasteiger partial charge >= 0.3 is 0 Å². The molecule has 2 heteroatoms. The van der Waals surface area contributed by atoms with Gasteiger partial charge in [0.15, 0.2) is 5.78 Å². The second-order valence-corrected chi connectivity index (χ2v) is 4.01. The Morgan fingerprint density at radius 2 is 2.07 bits per heavy atom. The van der Waals surface area contributed by atoms with Crippen LogP contribution in [-0.2, 0) is 4.79 Å². The summed E-state index contributed by atoms with van der Waals surface area (Å²) in [4.78, 5) is 11.7. The number of hydrogen-bond donors (Lipinski definition) is 0. The molecule has 1 aromatic carbocycles. The van der Waals surface area contributed by atoms with Gasteiger partial charge in [0.05, 0.1) is 5.92 Å². The topological polar surface area (TPSA) is 26.3 Å². The Kier molecular flexibility index (Phi) is 2.28. The van der Waals surface area contributed by atoms with Gasteiger partial charge in [-0.2, -0.15) is 0 Å². The van der Waals surface area contributed by atoms with Crippen molar-refractivity contribution in [3.8, 4) is 5.75 Å². The van der Waals surface area contributed by atoms with Gasteiger partial charge in [-0.15, -0.1) is 0 Å². The van der Waals surface area contributed by atoms with Crippen molar-refractivity contribution < 1.29 is 9.53 Å². The Bertz CT molecular complexity index is 355. The third-order valence-electron chi connectivity index (χ3n) is 2.64. The van der Waals surface area contributed by atoms with Crippen LogP contribution in [0.15, 0.2) is 24.3 Å². The number of ketones is 1. The van der Waals surface area contributed by atoms with Crippen LogP contribution in [0.25, 0.3) is 0 Å². The van der Waals surface area contributed by atoms with E-state index in [1.807, 2.05) is 24.3 Å². The van der Waals surface area contributed by atoms with Crippen LogP contribution in [0.2, 0.25) is 0 Å². The van der Waals surface area contributed by atoms with E-state index < -0.39 is 0 Å². The van der Waals surface area contributed by atoms with E-state index in [-0.39, 0.29) is 18.3 Å². The molecule has 0 saturated carbocycles.